The predicted octanol–water partition coefficient (Wildman–Crippen LogP) is 3.52. The summed E-state index contributed by atoms with van der Waals surface area (Å²) in [6.07, 6.45) is 1.10. The third-order valence-electron chi connectivity index (χ3n) is 6.32. The van der Waals surface area contributed by atoms with Crippen LogP contribution in [-0.2, 0) is 28.4 Å². The van der Waals surface area contributed by atoms with Crippen LogP contribution in [-0.4, -0.2) is 76.4 Å². The number of carbonyl (C=O) groups is 1. The maximum absolute atomic E-state index is 13.6. The first kappa shape index (κ1) is 28.9. The summed E-state index contributed by atoms with van der Waals surface area (Å²) in [5.41, 5.74) is 1.18. The molecule has 0 amide bonds. The Balaban J connectivity index is 0.000000479. The van der Waals surface area contributed by atoms with E-state index in [-0.39, 0.29) is 12.1 Å². The molecule has 206 valence electrons. The van der Waals surface area contributed by atoms with Gasteiger partial charge in [0.25, 0.3) is 0 Å². The largest absolute Gasteiger partial charge is 0.490 e. The first-order valence-corrected chi connectivity index (χ1v) is 13.5. The number of aliphatic carboxylic acids is 1. The van der Waals surface area contributed by atoms with Gasteiger partial charge in [0.15, 0.2) is 0 Å². The lowest BCUT2D eigenvalue weighted by molar-refractivity contribution is -0.192. The Labute approximate surface area is 214 Å². The van der Waals surface area contributed by atoms with Gasteiger partial charge in [0.2, 0.25) is 10.0 Å². The molecule has 2 aliphatic rings. The molecule has 0 unspecified atom stereocenters. The summed E-state index contributed by atoms with van der Waals surface area (Å²) >= 11 is 0. The van der Waals surface area contributed by atoms with Crippen molar-refractivity contribution in [2.24, 2.45) is 13.0 Å². The molecule has 1 aromatic heterocycles. The molecule has 0 bridgehead atoms. The molecule has 9 nitrogen and oxygen atoms in total. The normalized spacial score (nSPS) is 22.0. The van der Waals surface area contributed by atoms with Gasteiger partial charge in [-0.1, -0.05) is 26.0 Å². The Kier molecular flexibility index (Phi) is 9.24. The summed E-state index contributed by atoms with van der Waals surface area (Å²) in [5.74, 6) is -1.83. The van der Waals surface area contributed by atoms with Crippen LogP contribution >= 0.6 is 0 Å². The van der Waals surface area contributed by atoms with Gasteiger partial charge in [-0.2, -0.15) is 22.6 Å². The number of rotatable bonds is 5. The minimum atomic E-state index is -5.08. The van der Waals surface area contributed by atoms with Crippen molar-refractivity contribution in [2.45, 2.75) is 62.9 Å². The van der Waals surface area contributed by atoms with Crippen molar-refractivity contribution in [2.75, 3.05) is 19.6 Å². The van der Waals surface area contributed by atoms with E-state index in [1.807, 2.05) is 30.2 Å². The Morgan fingerprint density at radius 2 is 1.86 bits per heavy atom. The second-order valence-electron chi connectivity index (χ2n) is 9.65. The lowest BCUT2D eigenvalue weighted by Gasteiger charge is -2.32. The Morgan fingerprint density at radius 3 is 2.46 bits per heavy atom. The molecule has 4 rings (SSSR count). The molecule has 2 aromatic rings. The number of ether oxygens (including phenoxy) is 1. The Hall–Kier alpha value is -2.64. The number of sulfonamides is 1. The van der Waals surface area contributed by atoms with Crippen molar-refractivity contribution >= 4 is 16.0 Å². The van der Waals surface area contributed by atoms with Crippen LogP contribution in [0.2, 0.25) is 0 Å². The summed E-state index contributed by atoms with van der Waals surface area (Å²) in [6, 6.07) is 6.93. The highest BCUT2D eigenvalue weighted by molar-refractivity contribution is 7.89. The number of fused-ring (bicyclic) bond motifs is 2. The Bertz CT molecular complexity index is 1170. The van der Waals surface area contributed by atoms with Gasteiger partial charge in [-0.15, -0.1) is 0 Å². The maximum atomic E-state index is 13.6. The van der Waals surface area contributed by atoms with E-state index in [9.17, 15) is 21.6 Å². The maximum Gasteiger partial charge on any atom is 0.490 e. The van der Waals surface area contributed by atoms with E-state index in [0.717, 1.165) is 38.9 Å². The zero-order valence-electron chi connectivity index (χ0n) is 21.1. The molecule has 0 saturated carbocycles. The van der Waals surface area contributed by atoms with Crippen LogP contribution in [0.3, 0.4) is 0 Å². The van der Waals surface area contributed by atoms with Crippen LogP contribution < -0.4 is 4.74 Å². The predicted molar refractivity (Wildman–Crippen MR) is 129 cm³/mol. The third kappa shape index (κ3) is 7.45. The fourth-order valence-corrected chi connectivity index (χ4v) is 6.27. The fourth-order valence-electron chi connectivity index (χ4n) is 4.45. The van der Waals surface area contributed by atoms with Crippen molar-refractivity contribution in [1.29, 1.82) is 0 Å². The average Bonchev–Trinajstić information content (AvgIpc) is 3.08. The van der Waals surface area contributed by atoms with Crippen LogP contribution in [0.5, 0.6) is 5.75 Å². The smallest absolute Gasteiger partial charge is 0.487 e. The van der Waals surface area contributed by atoms with Gasteiger partial charge in [0, 0.05) is 45.0 Å². The molecule has 0 aliphatic carbocycles. The zero-order valence-corrected chi connectivity index (χ0v) is 21.9. The molecule has 3 heterocycles. The highest BCUT2D eigenvalue weighted by atomic mass is 32.2. The number of aryl methyl sites for hydroxylation is 1. The first-order chi connectivity index (χ1) is 17.3. The second kappa shape index (κ2) is 11.8. The van der Waals surface area contributed by atoms with Crippen molar-refractivity contribution in [3.05, 3.63) is 42.2 Å². The zero-order chi connectivity index (χ0) is 27.4. The minimum Gasteiger partial charge on any atom is -0.487 e. The van der Waals surface area contributed by atoms with E-state index in [2.05, 4.69) is 23.8 Å². The van der Waals surface area contributed by atoms with E-state index < -0.39 is 22.2 Å². The number of likely N-dealkylation sites (tertiary alicyclic amines) is 1. The summed E-state index contributed by atoms with van der Waals surface area (Å²) in [6.45, 7) is 7.33. The van der Waals surface area contributed by atoms with E-state index in [1.165, 1.54) is 5.56 Å². The van der Waals surface area contributed by atoms with Crippen molar-refractivity contribution < 1.29 is 36.2 Å². The SMILES string of the molecule is CC(C)CCN1[C@H]2CCN(Cc3cnn(C)c3)CC[C@@H]2Oc2ccccc2S1(=O)=O.O=C(O)C(F)(F)F. The molecule has 1 aromatic carbocycles. The van der Waals surface area contributed by atoms with Crippen LogP contribution in [0.1, 0.15) is 38.7 Å². The number of nitrogens with zero attached hydrogens (tertiary/aromatic N) is 4. The first-order valence-electron chi connectivity index (χ1n) is 12.1. The van der Waals surface area contributed by atoms with Crippen molar-refractivity contribution in [3.8, 4) is 5.75 Å². The number of halogens is 3. The fraction of sp³-hybridized carbons (Fsp3) is 0.583. The molecule has 37 heavy (non-hydrogen) atoms. The molecule has 0 radical (unpaired) electrons. The molecule has 1 fully saturated rings. The number of aromatic nitrogens is 2. The van der Waals surface area contributed by atoms with Crippen LogP contribution in [0.15, 0.2) is 41.6 Å². The summed E-state index contributed by atoms with van der Waals surface area (Å²) in [4.78, 5) is 11.6. The average molecular weight is 547 g/mol. The minimum absolute atomic E-state index is 0.144. The second-order valence-corrected chi connectivity index (χ2v) is 11.5. The number of alkyl halides is 3. The molecule has 0 spiro atoms. The summed E-state index contributed by atoms with van der Waals surface area (Å²) < 4.78 is 68.8. The van der Waals surface area contributed by atoms with Gasteiger partial charge < -0.3 is 9.84 Å². The summed E-state index contributed by atoms with van der Waals surface area (Å²) in [7, 11) is -1.67. The number of carboxylic acid groups (broad SMARTS) is 1. The molecule has 13 heteroatoms. The molecule has 1 N–H and O–H groups in total. The topological polar surface area (TPSA) is 105 Å². The standard InChI is InChI=1S/C22H32N4O3S.C2HF3O2/c1-17(2)8-13-26-19-9-11-25(16-18-14-23-24(3)15-18)12-10-20(19)29-21-6-4-5-7-22(21)30(26,27)28;3-2(4,5)1(6)7/h4-7,14-15,17,19-20H,8-13,16H2,1-3H3;(H,6,7)/t19-,20-;/m0./s1. The molecule has 1 saturated heterocycles. The number of benzene rings is 1. The quantitative estimate of drug-likeness (QED) is 0.612. The van der Waals surface area contributed by atoms with Crippen molar-refractivity contribution in [1.82, 2.24) is 19.0 Å². The molecule has 2 aliphatic heterocycles. The monoisotopic (exact) mass is 546 g/mol. The lowest BCUT2D eigenvalue weighted by Crippen LogP contribution is -2.47. The number of hydrogen-bond acceptors (Lipinski definition) is 6. The Morgan fingerprint density at radius 1 is 1.22 bits per heavy atom. The highest BCUT2D eigenvalue weighted by Gasteiger charge is 2.43. The van der Waals surface area contributed by atoms with E-state index in [4.69, 9.17) is 14.6 Å². The number of carboxylic acids is 1. The number of hydrogen-bond donors (Lipinski definition) is 1. The number of para-hydroxylation sites is 1. The molecule has 2 atom stereocenters. The molecular weight excluding hydrogens is 513 g/mol. The van der Waals surface area contributed by atoms with Gasteiger partial charge in [0.1, 0.15) is 16.7 Å². The van der Waals surface area contributed by atoms with Crippen LogP contribution in [0.25, 0.3) is 0 Å². The van der Waals surface area contributed by atoms with Gasteiger partial charge in [-0.05, 0) is 37.3 Å². The van der Waals surface area contributed by atoms with E-state index >= 15 is 0 Å². The van der Waals surface area contributed by atoms with Gasteiger partial charge >= 0.3 is 12.1 Å². The van der Waals surface area contributed by atoms with Gasteiger partial charge in [-0.3, -0.25) is 9.58 Å². The van der Waals surface area contributed by atoms with E-state index in [0.29, 0.717) is 23.1 Å². The molecular formula is C24H33F3N4O5S. The van der Waals surface area contributed by atoms with Crippen LogP contribution in [0.4, 0.5) is 13.2 Å². The van der Waals surface area contributed by atoms with Gasteiger partial charge in [-0.25, -0.2) is 13.2 Å². The lowest BCUT2D eigenvalue weighted by atomic mass is 10.0. The van der Waals surface area contributed by atoms with E-state index in [1.54, 1.807) is 22.5 Å². The van der Waals surface area contributed by atoms with Gasteiger partial charge in [0.05, 0.1) is 12.2 Å². The highest BCUT2D eigenvalue weighted by Crippen LogP contribution is 2.36. The summed E-state index contributed by atoms with van der Waals surface area (Å²) in [5, 5.41) is 11.4. The third-order valence-corrected chi connectivity index (χ3v) is 8.28. The van der Waals surface area contributed by atoms with Crippen molar-refractivity contribution in [3.63, 3.8) is 0 Å². The van der Waals surface area contributed by atoms with Crippen LogP contribution in [0, 0.1) is 5.92 Å².